The van der Waals surface area contributed by atoms with Crippen LogP contribution >= 0.6 is 0 Å². The van der Waals surface area contributed by atoms with E-state index in [9.17, 15) is 34.9 Å². The summed E-state index contributed by atoms with van der Waals surface area (Å²) in [4.78, 5) is 45.5. The summed E-state index contributed by atoms with van der Waals surface area (Å²) in [6, 6.07) is 1.45. The number of fused-ring (bicyclic) bond motifs is 1. The molecule has 0 unspecified atom stereocenters. The Labute approximate surface area is 126 Å². The zero-order chi connectivity index (χ0) is 17.3. The van der Waals surface area contributed by atoms with Gasteiger partial charge >= 0.3 is 17.3 Å². The Kier molecular flexibility index (Phi) is 3.94. The van der Waals surface area contributed by atoms with Crippen LogP contribution < -0.4 is 5.56 Å². The zero-order valence-electron chi connectivity index (χ0n) is 11.6. The highest BCUT2D eigenvalue weighted by Gasteiger charge is 2.28. The third-order valence-corrected chi connectivity index (χ3v) is 2.95. The van der Waals surface area contributed by atoms with Crippen molar-refractivity contribution >= 4 is 28.2 Å². The number of benzene rings is 1. The summed E-state index contributed by atoms with van der Waals surface area (Å²) in [6.45, 7) is 1.43. The maximum absolute atomic E-state index is 11.9. The lowest BCUT2D eigenvalue weighted by Crippen LogP contribution is -2.20. The number of nitrogens with zero attached hydrogens (tertiary/aromatic N) is 2. The van der Waals surface area contributed by atoms with Crippen LogP contribution in [0, 0.1) is 20.2 Å². The average Bonchev–Trinajstić information content (AvgIpc) is 2.46. The number of H-pyrrole nitrogens is 1. The molecular formula is C12H9N3O8. The number of nitro benzene ring substituents is 2. The molecule has 0 saturated heterocycles. The van der Waals surface area contributed by atoms with Crippen molar-refractivity contribution < 1.29 is 24.5 Å². The second-order valence-electron chi connectivity index (χ2n) is 4.30. The summed E-state index contributed by atoms with van der Waals surface area (Å²) >= 11 is 0. The van der Waals surface area contributed by atoms with Crippen molar-refractivity contribution in [1.29, 1.82) is 0 Å². The Morgan fingerprint density at radius 1 is 1.26 bits per heavy atom. The van der Waals surface area contributed by atoms with Crippen LogP contribution in [-0.4, -0.2) is 32.5 Å². The van der Waals surface area contributed by atoms with Crippen molar-refractivity contribution in [2.45, 2.75) is 6.92 Å². The van der Waals surface area contributed by atoms with Crippen molar-refractivity contribution in [3.63, 3.8) is 0 Å². The normalized spacial score (nSPS) is 10.5. The van der Waals surface area contributed by atoms with E-state index in [1.54, 1.807) is 0 Å². The van der Waals surface area contributed by atoms with Gasteiger partial charge in [-0.1, -0.05) is 0 Å². The predicted octanol–water partition coefficient (Wildman–Crippen LogP) is 1.23. The third kappa shape index (κ3) is 2.66. The Morgan fingerprint density at radius 3 is 2.35 bits per heavy atom. The van der Waals surface area contributed by atoms with Gasteiger partial charge in [-0.05, 0) is 6.92 Å². The summed E-state index contributed by atoms with van der Waals surface area (Å²) < 4.78 is 4.62. The zero-order valence-corrected chi connectivity index (χ0v) is 11.6. The third-order valence-electron chi connectivity index (χ3n) is 2.95. The van der Waals surface area contributed by atoms with E-state index in [0.717, 1.165) is 6.07 Å². The van der Waals surface area contributed by atoms with Crippen LogP contribution in [0.1, 0.15) is 17.3 Å². The SMILES string of the molecule is CCOC(=O)c1c(O)c2cc([N+](=O)[O-])c([N+](=O)[O-])cc2[nH]c1=O. The average molecular weight is 323 g/mol. The molecule has 0 radical (unpaired) electrons. The lowest BCUT2D eigenvalue weighted by atomic mass is 10.1. The van der Waals surface area contributed by atoms with Gasteiger partial charge in [-0.2, -0.15) is 0 Å². The highest BCUT2D eigenvalue weighted by atomic mass is 16.6. The maximum atomic E-state index is 11.9. The van der Waals surface area contributed by atoms with E-state index in [2.05, 4.69) is 9.72 Å². The Morgan fingerprint density at radius 2 is 1.83 bits per heavy atom. The second-order valence-corrected chi connectivity index (χ2v) is 4.30. The van der Waals surface area contributed by atoms with E-state index in [4.69, 9.17) is 0 Å². The standard InChI is InChI=1S/C12H9N3O8/c1-2-23-12(18)9-10(16)5-3-7(14(19)20)8(15(21)22)4-6(5)13-11(9)17/h3-4H,2H2,1H3,(H2,13,16,17). The monoisotopic (exact) mass is 323 g/mol. The van der Waals surface area contributed by atoms with Crippen molar-refractivity contribution in [1.82, 2.24) is 4.98 Å². The number of hydrogen-bond acceptors (Lipinski definition) is 8. The molecule has 1 heterocycles. The molecule has 0 aliphatic heterocycles. The van der Waals surface area contributed by atoms with Gasteiger partial charge in [0.05, 0.1) is 22.0 Å². The minimum Gasteiger partial charge on any atom is -0.506 e. The van der Waals surface area contributed by atoms with Gasteiger partial charge in [0.15, 0.2) is 5.56 Å². The number of pyridine rings is 1. The number of carbonyl (C=O) groups excluding carboxylic acids is 1. The van der Waals surface area contributed by atoms with Crippen molar-refractivity contribution in [2.24, 2.45) is 0 Å². The summed E-state index contributed by atoms with van der Waals surface area (Å²) in [7, 11) is 0. The highest BCUT2D eigenvalue weighted by molar-refractivity contribution is 6.00. The van der Waals surface area contributed by atoms with Crippen LogP contribution in [0.2, 0.25) is 0 Å². The summed E-state index contributed by atoms with van der Waals surface area (Å²) in [5.74, 6) is -1.96. The van der Waals surface area contributed by atoms with Crippen LogP contribution in [-0.2, 0) is 4.74 Å². The Hall–Kier alpha value is -3.50. The molecule has 11 heteroatoms. The number of aromatic hydroxyl groups is 1. The van der Waals surface area contributed by atoms with E-state index in [1.165, 1.54) is 6.92 Å². The fourth-order valence-corrected chi connectivity index (χ4v) is 1.99. The smallest absolute Gasteiger partial charge is 0.348 e. The molecular weight excluding hydrogens is 314 g/mol. The molecule has 0 bridgehead atoms. The quantitative estimate of drug-likeness (QED) is 0.481. The maximum Gasteiger partial charge on any atom is 0.348 e. The van der Waals surface area contributed by atoms with Gasteiger partial charge in [0, 0.05) is 17.5 Å². The van der Waals surface area contributed by atoms with Crippen molar-refractivity contribution in [3.05, 3.63) is 48.3 Å². The highest BCUT2D eigenvalue weighted by Crippen LogP contribution is 2.35. The molecule has 0 aliphatic carbocycles. The fraction of sp³-hybridized carbons (Fsp3) is 0.167. The van der Waals surface area contributed by atoms with Crippen LogP contribution in [0.5, 0.6) is 5.75 Å². The first kappa shape index (κ1) is 15.9. The minimum absolute atomic E-state index is 0.0594. The lowest BCUT2D eigenvalue weighted by Gasteiger charge is -2.07. The number of rotatable bonds is 4. The molecule has 0 spiro atoms. The van der Waals surface area contributed by atoms with E-state index in [-0.39, 0.29) is 17.5 Å². The molecule has 1 aromatic heterocycles. The summed E-state index contributed by atoms with van der Waals surface area (Å²) in [6.07, 6.45) is 0. The van der Waals surface area contributed by atoms with E-state index in [0.29, 0.717) is 6.07 Å². The molecule has 2 N–H and O–H groups in total. The van der Waals surface area contributed by atoms with Crippen molar-refractivity contribution in [2.75, 3.05) is 6.61 Å². The van der Waals surface area contributed by atoms with Gasteiger partial charge in [-0.25, -0.2) is 4.79 Å². The Balaban J connectivity index is 2.86. The fourth-order valence-electron chi connectivity index (χ4n) is 1.99. The van der Waals surface area contributed by atoms with Gasteiger partial charge < -0.3 is 14.8 Å². The molecule has 120 valence electrons. The molecule has 23 heavy (non-hydrogen) atoms. The number of aromatic amines is 1. The topological polar surface area (TPSA) is 166 Å². The van der Waals surface area contributed by atoms with Crippen LogP contribution in [0.3, 0.4) is 0 Å². The number of ether oxygens (including phenoxy) is 1. The van der Waals surface area contributed by atoms with Gasteiger partial charge in [-0.3, -0.25) is 25.0 Å². The van der Waals surface area contributed by atoms with Gasteiger partial charge in [0.25, 0.3) is 5.56 Å². The number of carbonyl (C=O) groups is 1. The molecule has 0 saturated carbocycles. The minimum atomic E-state index is -1.12. The molecule has 2 aromatic rings. The van der Waals surface area contributed by atoms with Crippen LogP contribution in [0.4, 0.5) is 11.4 Å². The second kappa shape index (κ2) is 5.71. The largest absolute Gasteiger partial charge is 0.506 e. The van der Waals surface area contributed by atoms with Crippen molar-refractivity contribution in [3.8, 4) is 5.75 Å². The van der Waals surface area contributed by atoms with Gasteiger partial charge in [-0.15, -0.1) is 0 Å². The van der Waals surface area contributed by atoms with E-state index < -0.39 is 44.1 Å². The van der Waals surface area contributed by atoms with Gasteiger partial charge in [0.1, 0.15) is 5.75 Å². The van der Waals surface area contributed by atoms with Crippen LogP contribution in [0.25, 0.3) is 10.9 Å². The Bertz CT molecular complexity index is 901. The number of nitro groups is 2. The molecule has 0 atom stereocenters. The summed E-state index contributed by atoms with van der Waals surface area (Å²) in [5, 5.41) is 31.6. The summed E-state index contributed by atoms with van der Waals surface area (Å²) in [5.41, 5.74) is -3.74. The number of aromatic nitrogens is 1. The first-order chi connectivity index (χ1) is 10.8. The molecule has 0 fully saturated rings. The molecule has 2 rings (SSSR count). The number of esters is 1. The van der Waals surface area contributed by atoms with Crippen LogP contribution in [0.15, 0.2) is 16.9 Å². The molecule has 0 amide bonds. The van der Waals surface area contributed by atoms with E-state index in [1.807, 2.05) is 0 Å². The molecule has 11 nitrogen and oxygen atoms in total. The lowest BCUT2D eigenvalue weighted by molar-refractivity contribution is -0.422. The predicted molar refractivity (Wildman–Crippen MR) is 75.5 cm³/mol. The van der Waals surface area contributed by atoms with Gasteiger partial charge in [0.2, 0.25) is 0 Å². The first-order valence-corrected chi connectivity index (χ1v) is 6.16. The van der Waals surface area contributed by atoms with E-state index >= 15 is 0 Å². The molecule has 0 aliphatic rings. The number of hydrogen-bond donors (Lipinski definition) is 2. The number of nitrogens with one attached hydrogen (secondary N) is 1. The molecule has 1 aromatic carbocycles. The first-order valence-electron chi connectivity index (χ1n) is 6.16.